The summed E-state index contributed by atoms with van der Waals surface area (Å²) in [7, 11) is 0. The molecule has 4 nitrogen and oxygen atoms in total. The highest BCUT2D eigenvalue weighted by atomic mass is 32.2. The summed E-state index contributed by atoms with van der Waals surface area (Å²) in [5.74, 6) is 2.82. The molecular formula is C30H45N3OS2. The quantitative estimate of drug-likeness (QED) is 0.364. The van der Waals surface area contributed by atoms with Gasteiger partial charge in [0.15, 0.2) is 0 Å². The SMILES string of the molecule is Cc1c(C(=O)NC2CSC2)cc(-c2ccc(SNC(C)(C)C)c(C(C)(C)C)c2)n1CC1CCCCC1. The van der Waals surface area contributed by atoms with Gasteiger partial charge in [-0.3, -0.25) is 9.52 Å². The van der Waals surface area contributed by atoms with Gasteiger partial charge in [-0.05, 0) is 93.1 Å². The van der Waals surface area contributed by atoms with Crippen LogP contribution in [0, 0.1) is 12.8 Å². The zero-order chi connectivity index (χ0) is 26.1. The summed E-state index contributed by atoms with van der Waals surface area (Å²) >= 11 is 3.62. The fourth-order valence-electron chi connectivity index (χ4n) is 5.13. The summed E-state index contributed by atoms with van der Waals surface area (Å²) in [5.41, 5.74) is 5.70. The molecule has 0 radical (unpaired) electrons. The van der Waals surface area contributed by atoms with Crippen molar-refractivity contribution in [3.8, 4) is 11.3 Å². The maximum absolute atomic E-state index is 13.3. The molecule has 1 amide bonds. The van der Waals surface area contributed by atoms with Crippen molar-refractivity contribution in [3.05, 3.63) is 41.1 Å². The van der Waals surface area contributed by atoms with Gasteiger partial charge in [0.05, 0.1) is 5.56 Å². The van der Waals surface area contributed by atoms with Gasteiger partial charge in [0.1, 0.15) is 0 Å². The molecule has 4 rings (SSSR count). The summed E-state index contributed by atoms with van der Waals surface area (Å²) in [6, 6.07) is 9.34. The molecule has 1 aliphatic carbocycles. The number of aromatic nitrogens is 1. The molecule has 36 heavy (non-hydrogen) atoms. The van der Waals surface area contributed by atoms with Gasteiger partial charge in [0, 0.05) is 45.9 Å². The molecule has 0 spiro atoms. The first kappa shape index (κ1) is 27.7. The maximum atomic E-state index is 13.3. The molecule has 1 aliphatic heterocycles. The molecule has 198 valence electrons. The first-order valence-corrected chi connectivity index (χ1v) is 15.6. The molecule has 6 heteroatoms. The van der Waals surface area contributed by atoms with Crippen LogP contribution in [0.5, 0.6) is 0 Å². The minimum absolute atomic E-state index is 0.00976. The third-order valence-corrected chi connectivity index (χ3v) is 9.87. The average molecular weight is 528 g/mol. The van der Waals surface area contributed by atoms with Gasteiger partial charge in [0.2, 0.25) is 0 Å². The Morgan fingerprint density at radius 2 is 1.75 bits per heavy atom. The van der Waals surface area contributed by atoms with Crippen LogP contribution in [0.4, 0.5) is 0 Å². The second-order valence-electron chi connectivity index (χ2n) is 12.8. The standard InChI is InChI=1S/C30H45N3OS2/c1-20-24(28(34)31-23-18-35-19-23)16-26(33(20)17-21-11-9-8-10-12-21)22-13-14-27(36-32-30(5,6)7)25(15-22)29(2,3)4/h13-16,21,23,32H,8-12,17-19H2,1-7H3,(H,31,34). The first-order chi connectivity index (χ1) is 16.9. The van der Waals surface area contributed by atoms with Crippen molar-refractivity contribution < 1.29 is 4.79 Å². The Morgan fingerprint density at radius 3 is 2.33 bits per heavy atom. The van der Waals surface area contributed by atoms with Crippen LogP contribution in [-0.2, 0) is 12.0 Å². The van der Waals surface area contributed by atoms with E-state index in [-0.39, 0.29) is 16.9 Å². The van der Waals surface area contributed by atoms with E-state index in [1.807, 2.05) is 11.8 Å². The van der Waals surface area contributed by atoms with Crippen LogP contribution >= 0.6 is 23.7 Å². The molecule has 1 aromatic heterocycles. The molecule has 2 aromatic rings. The molecule has 2 aliphatic rings. The topological polar surface area (TPSA) is 46.1 Å². The molecule has 1 saturated heterocycles. The van der Waals surface area contributed by atoms with Crippen LogP contribution in [-0.4, -0.2) is 33.6 Å². The van der Waals surface area contributed by atoms with E-state index in [1.165, 1.54) is 53.8 Å². The summed E-state index contributed by atoms with van der Waals surface area (Å²) < 4.78 is 6.04. The maximum Gasteiger partial charge on any atom is 0.253 e. The molecule has 2 fully saturated rings. The van der Waals surface area contributed by atoms with Crippen molar-refractivity contribution >= 4 is 29.6 Å². The highest BCUT2D eigenvalue weighted by molar-refractivity contribution is 8.00. The van der Waals surface area contributed by atoms with Crippen molar-refractivity contribution in [3.63, 3.8) is 0 Å². The van der Waals surface area contributed by atoms with Crippen LogP contribution in [0.25, 0.3) is 11.3 Å². The molecule has 0 atom stereocenters. The molecule has 1 saturated carbocycles. The largest absolute Gasteiger partial charge is 0.348 e. The van der Waals surface area contributed by atoms with Crippen LogP contribution in [0.3, 0.4) is 0 Å². The number of thioether (sulfide) groups is 1. The van der Waals surface area contributed by atoms with Crippen molar-refractivity contribution in [1.29, 1.82) is 0 Å². The van der Waals surface area contributed by atoms with Gasteiger partial charge < -0.3 is 9.88 Å². The van der Waals surface area contributed by atoms with Crippen LogP contribution in [0.1, 0.15) is 95.3 Å². The highest BCUT2D eigenvalue weighted by Crippen LogP contribution is 2.37. The molecule has 2 N–H and O–H groups in total. The summed E-state index contributed by atoms with van der Waals surface area (Å²) in [5, 5.41) is 3.26. The number of carbonyl (C=O) groups excluding carboxylic acids is 1. The third kappa shape index (κ3) is 6.73. The van der Waals surface area contributed by atoms with Crippen LogP contribution in [0.15, 0.2) is 29.2 Å². The number of carbonyl (C=O) groups is 1. The van der Waals surface area contributed by atoms with E-state index in [0.717, 1.165) is 29.3 Å². The Hall–Kier alpha value is -1.37. The zero-order valence-electron chi connectivity index (χ0n) is 23.3. The van der Waals surface area contributed by atoms with Gasteiger partial charge in [-0.15, -0.1) is 0 Å². The molecule has 1 aromatic carbocycles. The fraction of sp³-hybridized carbons (Fsp3) is 0.633. The number of nitrogens with zero attached hydrogens (tertiary/aromatic N) is 1. The lowest BCUT2D eigenvalue weighted by Crippen LogP contribution is -2.43. The van der Waals surface area contributed by atoms with Crippen molar-refractivity contribution in [2.24, 2.45) is 5.92 Å². The minimum Gasteiger partial charge on any atom is -0.348 e. The lowest BCUT2D eigenvalue weighted by molar-refractivity contribution is 0.0942. The number of nitrogens with one attached hydrogen (secondary N) is 2. The fourth-order valence-corrected chi connectivity index (χ4v) is 6.80. The summed E-state index contributed by atoms with van der Waals surface area (Å²) in [4.78, 5) is 14.5. The van der Waals surface area contributed by atoms with Crippen LogP contribution < -0.4 is 10.0 Å². The Morgan fingerprint density at radius 1 is 1.06 bits per heavy atom. The Labute approximate surface area is 227 Å². The number of hydrogen-bond acceptors (Lipinski definition) is 4. The predicted molar refractivity (Wildman–Crippen MR) is 157 cm³/mol. The van der Waals surface area contributed by atoms with E-state index >= 15 is 0 Å². The van der Waals surface area contributed by atoms with E-state index in [9.17, 15) is 4.79 Å². The predicted octanol–water partition coefficient (Wildman–Crippen LogP) is 7.58. The van der Waals surface area contributed by atoms with E-state index in [4.69, 9.17) is 0 Å². The Bertz CT molecular complexity index is 1070. The summed E-state index contributed by atoms with van der Waals surface area (Å²) in [6.07, 6.45) is 6.60. The first-order valence-electron chi connectivity index (χ1n) is 13.6. The zero-order valence-corrected chi connectivity index (χ0v) is 24.9. The normalized spacial score (nSPS) is 17.8. The smallest absolute Gasteiger partial charge is 0.253 e. The Balaban J connectivity index is 1.73. The monoisotopic (exact) mass is 527 g/mol. The van der Waals surface area contributed by atoms with Gasteiger partial charge in [-0.2, -0.15) is 11.8 Å². The van der Waals surface area contributed by atoms with Crippen molar-refractivity contribution in [2.45, 2.75) is 109 Å². The molecule has 2 heterocycles. The minimum atomic E-state index is 0.00976. The number of benzene rings is 1. The van der Waals surface area contributed by atoms with Gasteiger partial charge >= 0.3 is 0 Å². The Kier molecular flexibility index (Phi) is 8.58. The number of rotatable bonds is 7. The summed E-state index contributed by atoms with van der Waals surface area (Å²) in [6.45, 7) is 16.6. The third-order valence-electron chi connectivity index (χ3n) is 7.30. The van der Waals surface area contributed by atoms with E-state index in [0.29, 0.717) is 12.0 Å². The lowest BCUT2D eigenvalue weighted by atomic mass is 9.85. The van der Waals surface area contributed by atoms with Gasteiger partial charge in [0.25, 0.3) is 5.91 Å². The molecule has 0 unspecified atom stereocenters. The van der Waals surface area contributed by atoms with E-state index in [1.54, 1.807) is 11.9 Å². The van der Waals surface area contributed by atoms with Crippen LogP contribution in [0.2, 0.25) is 0 Å². The number of hydrogen-bond donors (Lipinski definition) is 2. The molecule has 0 bridgehead atoms. The molecular weight excluding hydrogens is 482 g/mol. The lowest BCUT2D eigenvalue weighted by Gasteiger charge is -2.27. The van der Waals surface area contributed by atoms with Crippen molar-refractivity contribution in [1.82, 2.24) is 14.6 Å². The number of amides is 1. The van der Waals surface area contributed by atoms with Gasteiger partial charge in [-0.1, -0.05) is 46.1 Å². The van der Waals surface area contributed by atoms with E-state index in [2.05, 4.69) is 87.3 Å². The second-order valence-corrected chi connectivity index (χ2v) is 14.7. The average Bonchev–Trinajstić information content (AvgIpc) is 3.10. The van der Waals surface area contributed by atoms with Crippen molar-refractivity contribution in [2.75, 3.05) is 11.5 Å². The van der Waals surface area contributed by atoms with Gasteiger partial charge in [-0.25, -0.2) is 0 Å². The van der Waals surface area contributed by atoms with E-state index < -0.39 is 0 Å². The second kappa shape index (κ2) is 11.2. The highest BCUT2D eigenvalue weighted by Gasteiger charge is 2.27.